The van der Waals surface area contributed by atoms with Gasteiger partial charge in [-0.25, -0.2) is 0 Å². The van der Waals surface area contributed by atoms with Crippen LogP contribution in [0.3, 0.4) is 0 Å². The van der Waals surface area contributed by atoms with Gasteiger partial charge >= 0.3 is 0 Å². The van der Waals surface area contributed by atoms with Crippen molar-refractivity contribution in [3.8, 4) is 0 Å². The van der Waals surface area contributed by atoms with Crippen molar-refractivity contribution in [3.63, 3.8) is 0 Å². The molecular weight excluding hydrogens is 300 g/mol. The first kappa shape index (κ1) is 16.5. The van der Waals surface area contributed by atoms with Crippen molar-refractivity contribution in [3.05, 3.63) is 11.6 Å². The van der Waals surface area contributed by atoms with Gasteiger partial charge in [-0.15, -0.1) is 10.2 Å². The molecule has 3 aliphatic carbocycles. The molecule has 1 heterocycles. The minimum absolute atomic E-state index is 0.390. The highest BCUT2D eigenvalue weighted by molar-refractivity contribution is 5.11. The SMILES string of the molecule is CCO[C@@H]1C[C@@H](N(C)Cc2nnc(C3CC3)n2C)C12CCCCC2. The third-order valence-electron chi connectivity index (χ3n) is 6.76. The minimum atomic E-state index is 0.390. The van der Waals surface area contributed by atoms with E-state index < -0.39 is 0 Å². The van der Waals surface area contributed by atoms with E-state index in [9.17, 15) is 0 Å². The molecular formula is C19H32N4O. The van der Waals surface area contributed by atoms with Gasteiger partial charge in [0, 0.05) is 31.0 Å². The molecule has 3 saturated carbocycles. The fourth-order valence-electron chi connectivity index (χ4n) is 5.19. The Kier molecular flexibility index (Phi) is 4.42. The summed E-state index contributed by atoms with van der Waals surface area (Å²) in [5.41, 5.74) is 0.390. The molecule has 0 saturated heterocycles. The molecule has 0 N–H and O–H groups in total. The standard InChI is InChI=1S/C19H32N4O/c1-4-24-16-12-15(19(16)10-6-5-7-11-19)22(2)13-17-20-21-18(23(17)3)14-8-9-14/h14-16H,4-13H2,1-3H3/t15-,16-/m1/s1. The lowest BCUT2D eigenvalue weighted by Crippen LogP contribution is -2.64. The normalized spacial score (nSPS) is 29.2. The van der Waals surface area contributed by atoms with Gasteiger partial charge in [0.25, 0.3) is 0 Å². The summed E-state index contributed by atoms with van der Waals surface area (Å²) in [6.45, 7) is 3.88. The third kappa shape index (κ3) is 2.70. The van der Waals surface area contributed by atoms with Crippen molar-refractivity contribution >= 4 is 0 Å². The molecule has 0 radical (unpaired) electrons. The van der Waals surface area contributed by atoms with E-state index in [4.69, 9.17) is 4.74 Å². The number of aromatic nitrogens is 3. The minimum Gasteiger partial charge on any atom is -0.378 e. The zero-order valence-corrected chi connectivity index (χ0v) is 15.5. The van der Waals surface area contributed by atoms with Crippen LogP contribution in [0.4, 0.5) is 0 Å². The molecule has 3 aliphatic rings. The highest BCUT2D eigenvalue weighted by Gasteiger charge is 2.56. The number of nitrogens with zero attached hydrogens (tertiary/aromatic N) is 4. The molecule has 0 aromatic carbocycles. The van der Waals surface area contributed by atoms with Crippen LogP contribution in [0, 0.1) is 5.41 Å². The molecule has 0 bridgehead atoms. The monoisotopic (exact) mass is 332 g/mol. The van der Waals surface area contributed by atoms with Crippen molar-refractivity contribution < 1.29 is 4.74 Å². The summed E-state index contributed by atoms with van der Waals surface area (Å²) in [6, 6.07) is 0.635. The smallest absolute Gasteiger partial charge is 0.146 e. The largest absolute Gasteiger partial charge is 0.378 e. The van der Waals surface area contributed by atoms with Gasteiger partial charge in [0.05, 0.1) is 12.6 Å². The van der Waals surface area contributed by atoms with Crippen LogP contribution in [0.25, 0.3) is 0 Å². The first-order chi connectivity index (χ1) is 11.7. The summed E-state index contributed by atoms with van der Waals surface area (Å²) in [5.74, 6) is 2.97. The predicted octanol–water partition coefficient (Wildman–Crippen LogP) is 3.25. The number of ether oxygens (including phenoxy) is 1. The van der Waals surface area contributed by atoms with Crippen LogP contribution in [0.2, 0.25) is 0 Å². The van der Waals surface area contributed by atoms with Crippen LogP contribution in [0.1, 0.15) is 75.9 Å². The van der Waals surface area contributed by atoms with Crippen molar-refractivity contribution in [2.45, 2.75) is 82.9 Å². The molecule has 134 valence electrons. The maximum atomic E-state index is 6.11. The van der Waals surface area contributed by atoms with E-state index in [0.717, 1.165) is 19.0 Å². The number of hydrogen-bond acceptors (Lipinski definition) is 4. The van der Waals surface area contributed by atoms with E-state index in [1.165, 1.54) is 57.2 Å². The predicted molar refractivity (Wildman–Crippen MR) is 93.8 cm³/mol. The van der Waals surface area contributed by atoms with E-state index in [2.05, 4.69) is 40.7 Å². The highest BCUT2D eigenvalue weighted by Crippen LogP contribution is 2.55. The van der Waals surface area contributed by atoms with E-state index >= 15 is 0 Å². The van der Waals surface area contributed by atoms with Gasteiger partial charge in [0.1, 0.15) is 11.6 Å². The Morgan fingerprint density at radius 1 is 1.21 bits per heavy atom. The van der Waals surface area contributed by atoms with E-state index in [-0.39, 0.29) is 0 Å². The Balaban J connectivity index is 1.46. The topological polar surface area (TPSA) is 43.2 Å². The second-order valence-electron chi connectivity index (χ2n) is 8.21. The first-order valence-corrected chi connectivity index (χ1v) is 9.85. The zero-order valence-electron chi connectivity index (χ0n) is 15.5. The van der Waals surface area contributed by atoms with Crippen molar-refractivity contribution in [1.82, 2.24) is 19.7 Å². The lowest BCUT2D eigenvalue weighted by atomic mass is 9.54. The van der Waals surface area contributed by atoms with Crippen molar-refractivity contribution in [2.24, 2.45) is 12.5 Å². The molecule has 1 aromatic rings. The van der Waals surface area contributed by atoms with E-state index in [0.29, 0.717) is 23.5 Å². The maximum absolute atomic E-state index is 6.11. The first-order valence-electron chi connectivity index (χ1n) is 9.85. The molecule has 0 amide bonds. The van der Waals surface area contributed by atoms with Crippen LogP contribution in [0.15, 0.2) is 0 Å². The third-order valence-corrected chi connectivity index (χ3v) is 6.76. The highest BCUT2D eigenvalue weighted by atomic mass is 16.5. The molecule has 1 aromatic heterocycles. The average Bonchev–Trinajstić information content (AvgIpc) is 3.37. The Labute approximate surface area is 145 Å². The molecule has 0 aliphatic heterocycles. The van der Waals surface area contributed by atoms with Crippen LogP contribution >= 0.6 is 0 Å². The fraction of sp³-hybridized carbons (Fsp3) is 0.895. The molecule has 4 rings (SSSR count). The van der Waals surface area contributed by atoms with Gasteiger partial charge in [-0.05, 0) is 46.1 Å². The Bertz CT molecular complexity index is 574. The van der Waals surface area contributed by atoms with Gasteiger partial charge in [0.2, 0.25) is 0 Å². The molecule has 2 atom stereocenters. The maximum Gasteiger partial charge on any atom is 0.146 e. The van der Waals surface area contributed by atoms with Gasteiger partial charge in [0.15, 0.2) is 0 Å². The lowest BCUT2D eigenvalue weighted by Gasteiger charge is -2.60. The van der Waals surface area contributed by atoms with Crippen LogP contribution in [-0.4, -0.2) is 45.5 Å². The fourth-order valence-corrected chi connectivity index (χ4v) is 5.19. The Hall–Kier alpha value is -0.940. The van der Waals surface area contributed by atoms with Gasteiger partial charge < -0.3 is 9.30 Å². The van der Waals surface area contributed by atoms with E-state index in [1.807, 2.05) is 0 Å². The molecule has 5 nitrogen and oxygen atoms in total. The van der Waals surface area contributed by atoms with Gasteiger partial charge in [-0.3, -0.25) is 4.90 Å². The summed E-state index contributed by atoms with van der Waals surface area (Å²) in [4.78, 5) is 2.53. The lowest BCUT2D eigenvalue weighted by molar-refractivity contribution is -0.180. The molecule has 24 heavy (non-hydrogen) atoms. The Morgan fingerprint density at radius 2 is 1.96 bits per heavy atom. The summed E-state index contributed by atoms with van der Waals surface area (Å²) in [6.07, 6.45) is 11.0. The summed E-state index contributed by atoms with van der Waals surface area (Å²) in [7, 11) is 4.41. The van der Waals surface area contributed by atoms with Gasteiger partial charge in [-0.2, -0.15) is 0 Å². The second-order valence-corrected chi connectivity index (χ2v) is 8.21. The Morgan fingerprint density at radius 3 is 2.62 bits per heavy atom. The number of rotatable bonds is 6. The average molecular weight is 332 g/mol. The molecule has 5 heteroatoms. The van der Waals surface area contributed by atoms with Crippen LogP contribution in [-0.2, 0) is 18.3 Å². The van der Waals surface area contributed by atoms with Crippen LogP contribution < -0.4 is 0 Å². The van der Waals surface area contributed by atoms with Crippen molar-refractivity contribution in [2.75, 3.05) is 13.7 Å². The summed E-state index contributed by atoms with van der Waals surface area (Å²) < 4.78 is 8.35. The van der Waals surface area contributed by atoms with E-state index in [1.54, 1.807) is 0 Å². The van der Waals surface area contributed by atoms with Crippen molar-refractivity contribution in [1.29, 1.82) is 0 Å². The van der Waals surface area contributed by atoms with Crippen LogP contribution in [0.5, 0.6) is 0 Å². The number of hydrogen-bond donors (Lipinski definition) is 0. The van der Waals surface area contributed by atoms with Gasteiger partial charge in [-0.1, -0.05) is 19.3 Å². The molecule has 3 fully saturated rings. The summed E-state index contributed by atoms with van der Waals surface area (Å²) >= 11 is 0. The molecule has 1 spiro atoms. The zero-order chi connectivity index (χ0) is 16.7. The summed E-state index contributed by atoms with van der Waals surface area (Å²) in [5, 5.41) is 8.93. The molecule has 0 unspecified atom stereocenters. The second kappa shape index (κ2) is 6.41. The quantitative estimate of drug-likeness (QED) is 0.802.